The van der Waals surface area contributed by atoms with Crippen LogP contribution in [0.1, 0.15) is 32.6 Å². The van der Waals surface area contributed by atoms with E-state index in [1.165, 1.54) is 19.1 Å². The first-order valence-corrected chi connectivity index (χ1v) is 9.59. The molecule has 1 rings (SSSR count). The number of nitrogens with one attached hydrogen (secondary N) is 1. The first kappa shape index (κ1) is 34.4. The van der Waals surface area contributed by atoms with E-state index in [4.69, 9.17) is 46.0 Å². The average molecular weight is 535 g/mol. The molecule has 0 aliphatic heterocycles. The molecule has 0 fully saturated rings. The number of aliphatic carboxylic acids is 6. The fourth-order valence-electron chi connectivity index (χ4n) is 2.18. The second kappa shape index (κ2) is 15.3. The van der Waals surface area contributed by atoms with Gasteiger partial charge in [-0.3, -0.25) is 24.0 Å². The van der Waals surface area contributed by atoms with Crippen LogP contribution in [0.5, 0.6) is 5.75 Å². The van der Waals surface area contributed by atoms with E-state index in [9.17, 15) is 33.6 Å². The summed E-state index contributed by atoms with van der Waals surface area (Å²) in [5, 5.41) is 79.1. The summed E-state index contributed by atoms with van der Waals surface area (Å²) in [6.45, 7) is 1.44. The summed E-state index contributed by atoms with van der Waals surface area (Å²) in [5.41, 5.74) is -4.79. The second-order valence-electron chi connectivity index (χ2n) is 7.18. The molecule has 1 aromatic rings. The number of carboxylic acids is 6. The van der Waals surface area contributed by atoms with Crippen LogP contribution in [0.2, 0.25) is 0 Å². The van der Waals surface area contributed by atoms with Crippen LogP contribution in [-0.4, -0.2) is 98.9 Å². The first-order chi connectivity index (χ1) is 16.7. The molecule has 0 bridgehead atoms. The van der Waals surface area contributed by atoms with Gasteiger partial charge in [-0.2, -0.15) is 0 Å². The third-order valence-electron chi connectivity index (χ3n) is 3.76. The maximum absolute atomic E-state index is 10.5. The SMILES string of the molecule is CC(=O)Nc1ccc(O)cc1.O=C(O)CC(O)(CC(=O)O)C(=O)O.O=C(O)CC(O)(CC(=O)O)C(=O)O. The number of aromatic hydroxyl groups is 1. The Morgan fingerprint density at radius 3 is 1.08 bits per heavy atom. The molecule has 37 heavy (non-hydrogen) atoms. The third kappa shape index (κ3) is 15.7. The van der Waals surface area contributed by atoms with Gasteiger partial charge in [0.1, 0.15) is 5.75 Å². The molecular weight excluding hydrogens is 510 g/mol. The minimum absolute atomic E-state index is 0.115. The molecule has 0 atom stereocenters. The summed E-state index contributed by atoms with van der Waals surface area (Å²) in [5.74, 6) is -9.96. The Kier molecular flexibility index (Phi) is 14.2. The number of carbonyl (C=O) groups is 7. The molecule has 17 heteroatoms. The maximum Gasteiger partial charge on any atom is 0.336 e. The molecule has 0 radical (unpaired) electrons. The molecule has 1 aromatic carbocycles. The lowest BCUT2D eigenvalue weighted by Gasteiger charge is -2.18. The van der Waals surface area contributed by atoms with Crippen molar-refractivity contribution in [2.45, 2.75) is 43.8 Å². The molecule has 10 N–H and O–H groups in total. The van der Waals surface area contributed by atoms with E-state index >= 15 is 0 Å². The van der Waals surface area contributed by atoms with Crippen molar-refractivity contribution in [2.75, 3.05) is 5.32 Å². The average Bonchev–Trinajstić information content (AvgIpc) is 2.67. The number of phenols is 1. The first-order valence-electron chi connectivity index (χ1n) is 9.59. The van der Waals surface area contributed by atoms with Crippen molar-refractivity contribution in [2.24, 2.45) is 0 Å². The number of anilines is 1. The Bertz CT molecular complexity index is 916. The van der Waals surface area contributed by atoms with Gasteiger partial charge in [0.15, 0.2) is 11.2 Å². The van der Waals surface area contributed by atoms with Crippen molar-refractivity contribution in [3.63, 3.8) is 0 Å². The Morgan fingerprint density at radius 1 is 0.622 bits per heavy atom. The standard InChI is InChI=1S/C8H9NO2.2C6H8O7/c1-6(10)9-7-2-4-8(11)5-3-7;2*7-3(8)1-6(13,5(11)12)2-4(9)10/h2-5,11H,1H3,(H,9,10);2*13H,1-2H2,(H,7,8)(H,9,10)(H,11,12). The third-order valence-corrected chi connectivity index (χ3v) is 3.76. The monoisotopic (exact) mass is 535 g/mol. The molecule has 0 saturated carbocycles. The Hall–Kier alpha value is -4.77. The molecule has 206 valence electrons. The summed E-state index contributed by atoms with van der Waals surface area (Å²) in [6, 6.07) is 6.31. The van der Waals surface area contributed by atoms with Gasteiger partial charge in [0.25, 0.3) is 0 Å². The molecule has 0 unspecified atom stereocenters. The fraction of sp³-hybridized carbons (Fsp3) is 0.350. The summed E-state index contributed by atoms with van der Waals surface area (Å²) in [7, 11) is 0. The quantitative estimate of drug-likeness (QED) is 0.149. The van der Waals surface area contributed by atoms with E-state index in [0.717, 1.165) is 0 Å². The van der Waals surface area contributed by atoms with Crippen LogP contribution < -0.4 is 5.32 Å². The molecule has 0 aliphatic rings. The second-order valence-corrected chi connectivity index (χ2v) is 7.18. The molecule has 0 aliphatic carbocycles. The Balaban J connectivity index is 0. The molecule has 0 aromatic heterocycles. The normalized spacial score (nSPS) is 10.4. The lowest BCUT2D eigenvalue weighted by atomic mass is 9.96. The van der Waals surface area contributed by atoms with Crippen molar-refractivity contribution in [3.8, 4) is 5.75 Å². The summed E-state index contributed by atoms with van der Waals surface area (Å²) in [6.07, 6.45) is -4.58. The fourth-order valence-corrected chi connectivity index (χ4v) is 2.18. The molecular formula is C20H25NO16. The number of amides is 1. The zero-order valence-electron chi connectivity index (χ0n) is 19.0. The van der Waals surface area contributed by atoms with Gasteiger partial charge < -0.3 is 51.3 Å². The predicted octanol–water partition coefficient (Wildman–Crippen LogP) is -1.15. The highest BCUT2D eigenvalue weighted by Gasteiger charge is 2.41. The van der Waals surface area contributed by atoms with Crippen LogP contribution in [-0.2, 0) is 33.6 Å². The largest absolute Gasteiger partial charge is 0.508 e. The lowest BCUT2D eigenvalue weighted by Crippen LogP contribution is -2.42. The van der Waals surface area contributed by atoms with Gasteiger partial charge >= 0.3 is 35.8 Å². The van der Waals surface area contributed by atoms with E-state index in [0.29, 0.717) is 5.69 Å². The number of hydrogen-bond acceptors (Lipinski definition) is 10. The zero-order valence-corrected chi connectivity index (χ0v) is 19.0. The number of aliphatic hydroxyl groups is 2. The van der Waals surface area contributed by atoms with Gasteiger partial charge in [-0.15, -0.1) is 0 Å². The molecule has 0 saturated heterocycles. The molecule has 1 amide bonds. The van der Waals surface area contributed by atoms with E-state index in [2.05, 4.69) is 5.32 Å². The van der Waals surface area contributed by atoms with Crippen LogP contribution in [0.15, 0.2) is 24.3 Å². The van der Waals surface area contributed by atoms with E-state index in [1.807, 2.05) is 0 Å². The van der Waals surface area contributed by atoms with Crippen LogP contribution in [0.3, 0.4) is 0 Å². The maximum atomic E-state index is 10.5. The van der Waals surface area contributed by atoms with Gasteiger partial charge in [0.2, 0.25) is 5.91 Å². The van der Waals surface area contributed by atoms with Crippen LogP contribution >= 0.6 is 0 Å². The summed E-state index contributed by atoms with van der Waals surface area (Å²) in [4.78, 5) is 71.5. The molecule has 17 nitrogen and oxygen atoms in total. The molecule has 0 spiro atoms. The lowest BCUT2D eigenvalue weighted by molar-refractivity contribution is -0.170. The summed E-state index contributed by atoms with van der Waals surface area (Å²) >= 11 is 0. The highest BCUT2D eigenvalue weighted by molar-refractivity contribution is 5.89. The van der Waals surface area contributed by atoms with Crippen LogP contribution in [0.4, 0.5) is 5.69 Å². The number of carbonyl (C=O) groups excluding carboxylic acids is 1. The summed E-state index contributed by atoms with van der Waals surface area (Å²) < 4.78 is 0. The number of rotatable bonds is 11. The van der Waals surface area contributed by atoms with Gasteiger partial charge in [0, 0.05) is 12.6 Å². The van der Waals surface area contributed by atoms with Gasteiger partial charge in [-0.25, -0.2) is 9.59 Å². The highest BCUT2D eigenvalue weighted by Crippen LogP contribution is 2.16. The van der Waals surface area contributed by atoms with Crippen LogP contribution in [0, 0.1) is 0 Å². The van der Waals surface area contributed by atoms with Gasteiger partial charge in [-0.05, 0) is 24.3 Å². The number of phenolic OH excluding ortho intramolecular Hbond substituents is 1. The topological polar surface area (TPSA) is 314 Å². The van der Waals surface area contributed by atoms with E-state index in [1.54, 1.807) is 12.1 Å². The highest BCUT2D eigenvalue weighted by atomic mass is 16.4. The van der Waals surface area contributed by atoms with Crippen molar-refractivity contribution in [1.82, 2.24) is 0 Å². The van der Waals surface area contributed by atoms with E-state index < -0.39 is 72.7 Å². The smallest absolute Gasteiger partial charge is 0.336 e. The minimum atomic E-state index is -2.74. The molecule has 0 heterocycles. The van der Waals surface area contributed by atoms with E-state index in [-0.39, 0.29) is 11.7 Å². The Morgan fingerprint density at radius 2 is 0.892 bits per heavy atom. The predicted molar refractivity (Wildman–Crippen MR) is 117 cm³/mol. The van der Waals surface area contributed by atoms with Gasteiger partial charge in [0.05, 0.1) is 25.7 Å². The number of hydrogen-bond donors (Lipinski definition) is 10. The van der Waals surface area contributed by atoms with Crippen molar-refractivity contribution in [1.29, 1.82) is 0 Å². The number of benzene rings is 1. The minimum Gasteiger partial charge on any atom is -0.508 e. The van der Waals surface area contributed by atoms with Crippen molar-refractivity contribution < 1.29 is 79.5 Å². The van der Waals surface area contributed by atoms with Crippen LogP contribution in [0.25, 0.3) is 0 Å². The van der Waals surface area contributed by atoms with Gasteiger partial charge in [-0.1, -0.05) is 0 Å². The zero-order chi connectivity index (χ0) is 29.6. The van der Waals surface area contributed by atoms with Crippen molar-refractivity contribution in [3.05, 3.63) is 24.3 Å². The Labute approximate surface area is 206 Å². The van der Waals surface area contributed by atoms with Crippen molar-refractivity contribution >= 4 is 47.4 Å². The number of carboxylic acid groups (broad SMARTS) is 6.